The second-order valence-electron chi connectivity index (χ2n) is 5.23. The molecular formula is C14H20N2O3. The van der Waals surface area contributed by atoms with Crippen LogP contribution >= 0.6 is 0 Å². The molecule has 2 heterocycles. The Labute approximate surface area is 113 Å². The number of pyridine rings is 1. The zero-order valence-electron chi connectivity index (χ0n) is 11.8. The van der Waals surface area contributed by atoms with Crippen LogP contribution in [-0.2, 0) is 4.74 Å². The molecule has 5 heteroatoms. The molecule has 0 saturated carbocycles. The molecule has 1 N–H and O–H groups in total. The molecule has 19 heavy (non-hydrogen) atoms. The summed E-state index contributed by atoms with van der Waals surface area (Å²) >= 11 is 0. The van der Waals surface area contributed by atoms with Crippen molar-refractivity contribution in [1.82, 2.24) is 4.98 Å². The number of anilines is 1. The highest BCUT2D eigenvalue weighted by Gasteiger charge is 2.29. The average molecular weight is 264 g/mol. The maximum Gasteiger partial charge on any atom is 0.339 e. The Balaban J connectivity index is 2.50. The van der Waals surface area contributed by atoms with E-state index in [0.29, 0.717) is 24.5 Å². The maximum atomic E-state index is 11.5. The molecule has 1 aromatic heterocycles. The van der Waals surface area contributed by atoms with Crippen molar-refractivity contribution in [2.45, 2.75) is 39.8 Å². The summed E-state index contributed by atoms with van der Waals surface area (Å²) in [6.07, 6.45) is 0.0838. The Morgan fingerprint density at radius 3 is 2.79 bits per heavy atom. The van der Waals surface area contributed by atoms with Gasteiger partial charge in [0.2, 0.25) is 0 Å². The molecule has 0 aromatic carbocycles. The normalized spacial score (nSPS) is 23.5. The minimum Gasteiger partial charge on any atom is -0.478 e. The highest BCUT2D eigenvalue weighted by Crippen LogP contribution is 2.26. The van der Waals surface area contributed by atoms with Crippen LogP contribution in [0.15, 0.2) is 6.07 Å². The van der Waals surface area contributed by atoms with E-state index in [4.69, 9.17) is 4.74 Å². The van der Waals surface area contributed by atoms with Crippen LogP contribution in [0, 0.1) is 13.8 Å². The minimum absolute atomic E-state index is 0.0838. The molecule has 0 radical (unpaired) electrons. The van der Waals surface area contributed by atoms with Crippen LogP contribution < -0.4 is 4.90 Å². The maximum absolute atomic E-state index is 11.5. The third-order valence-corrected chi connectivity index (χ3v) is 3.42. The molecule has 0 spiro atoms. The Morgan fingerprint density at radius 1 is 1.47 bits per heavy atom. The average Bonchev–Trinajstić information content (AvgIpc) is 2.30. The molecule has 1 fully saturated rings. The van der Waals surface area contributed by atoms with Gasteiger partial charge in [0.25, 0.3) is 0 Å². The van der Waals surface area contributed by atoms with Crippen molar-refractivity contribution in [3.63, 3.8) is 0 Å². The van der Waals surface area contributed by atoms with Crippen molar-refractivity contribution in [2.75, 3.05) is 18.1 Å². The largest absolute Gasteiger partial charge is 0.478 e. The summed E-state index contributed by atoms with van der Waals surface area (Å²) in [6, 6.07) is 1.93. The number of rotatable bonds is 2. The molecule has 104 valence electrons. The highest BCUT2D eigenvalue weighted by atomic mass is 16.5. The second kappa shape index (κ2) is 5.17. The number of aromatic carboxylic acids is 1. The first-order valence-corrected chi connectivity index (χ1v) is 6.50. The second-order valence-corrected chi connectivity index (χ2v) is 5.23. The molecule has 1 saturated heterocycles. The molecule has 0 aliphatic carbocycles. The topological polar surface area (TPSA) is 62.7 Å². The van der Waals surface area contributed by atoms with Gasteiger partial charge in [-0.05, 0) is 39.3 Å². The standard InChI is InChI=1S/C14H20N2O3/c1-8-5-9(2)15-13(12(8)14(17)18)16-6-11(4)19-7-10(16)3/h5,10-11H,6-7H2,1-4H3,(H,17,18). The first-order chi connectivity index (χ1) is 8.90. The number of carbonyl (C=O) groups is 1. The SMILES string of the molecule is Cc1cc(C)c(C(=O)O)c(N2CC(C)OCC2C)n1. The molecule has 0 bridgehead atoms. The van der Waals surface area contributed by atoms with E-state index in [0.717, 1.165) is 11.3 Å². The molecule has 2 atom stereocenters. The fraction of sp³-hybridized carbons (Fsp3) is 0.571. The third kappa shape index (κ3) is 2.71. The zero-order chi connectivity index (χ0) is 14.2. The fourth-order valence-electron chi connectivity index (χ4n) is 2.49. The summed E-state index contributed by atoms with van der Waals surface area (Å²) in [7, 11) is 0. The predicted octanol–water partition coefficient (Wildman–Crippen LogP) is 2.01. The van der Waals surface area contributed by atoms with Crippen molar-refractivity contribution in [3.8, 4) is 0 Å². The number of hydrogen-bond donors (Lipinski definition) is 1. The van der Waals surface area contributed by atoms with Gasteiger partial charge in [0.1, 0.15) is 11.4 Å². The quantitative estimate of drug-likeness (QED) is 0.885. The van der Waals surface area contributed by atoms with Crippen LogP contribution in [0.2, 0.25) is 0 Å². The number of nitrogens with zero attached hydrogens (tertiary/aromatic N) is 2. The van der Waals surface area contributed by atoms with Gasteiger partial charge in [0, 0.05) is 12.2 Å². The lowest BCUT2D eigenvalue weighted by Crippen LogP contribution is -2.48. The number of hydrogen-bond acceptors (Lipinski definition) is 4. The van der Waals surface area contributed by atoms with E-state index in [1.165, 1.54) is 0 Å². The van der Waals surface area contributed by atoms with Gasteiger partial charge in [0.05, 0.1) is 18.8 Å². The van der Waals surface area contributed by atoms with Crippen LogP contribution in [0.25, 0.3) is 0 Å². The van der Waals surface area contributed by atoms with Crippen molar-refractivity contribution in [3.05, 3.63) is 22.9 Å². The van der Waals surface area contributed by atoms with E-state index in [1.54, 1.807) is 0 Å². The highest BCUT2D eigenvalue weighted by molar-refractivity contribution is 5.95. The van der Waals surface area contributed by atoms with Crippen LogP contribution in [0.4, 0.5) is 5.82 Å². The Hall–Kier alpha value is -1.62. The van der Waals surface area contributed by atoms with Crippen LogP contribution in [0.5, 0.6) is 0 Å². The van der Waals surface area contributed by atoms with Crippen molar-refractivity contribution in [1.29, 1.82) is 0 Å². The van der Waals surface area contributed by atoms with E-state index in [2.05, 4.69) is 4.98 Å². The van der Waals surface area contributed by atoms with E-state index >= 15 is 0 Å². The summed E-state index contributed by atoms with van der Waals surface area (Å²) in [6.45, 7) is 8.97. The van der Waals surface area contributed by atoms with Crippen LogP contribution in [-0.4, -0.2) is 41.4 Å². The number of aromatic nitrogens is 1. The number of carboxylic acids is 1. The van der Waals surface area contributed by atoms with Gasteiger partial charge < -0.3 is 14.7 Å². The van der Waals surface area contributed by atoms with E-state index in [1.807, 2.05) is 38.7 Å². The van der Waals surface area contributed by atoms with Gasteiger partial charge in [-0.2, -0.15) is 0 Å². The number of ether oxygens (including phenoxy) is 1. The number of morpholine rings is 1. The predicted molar refractivity (Wildman–Crippen MR) is 72.9 cm³/mol. The van der Waals surface area contributed by atoms with Crippen molar-refractivity contribution in [2.24, 2.45) is 0 Å². The van der Waals surface area contributed by atoms with Gasteiger partial charge in [0.15, 0.2) is 0 Å². The lowest BCUT2D eigenvalue weighted by molar-refractivity contribution is 0.0338. The van der Waals surface area contributed by atoms with Gasteiger partial charge in [-0.25, -0.2) is 9.78 Å². The molecule has 2 unspecified atom stereocenters. The van der Waals surface area contributed by atoms with Gasteiger partial charge in [-0.3, -0.25) is 0 Å². The fourth-order valence-corrected chi connectivity index (χ4v) is 2.49. The van der Waals surface area contributed by atoms with E-state index in [-0.39, 0.29) is 12.1 Å². The molecule has 1 aliphatic heterocycles. The van der Waals surface area contributed by atoms with Crippen molar-refractivity contribution >= 4 is 11.8 Å². The third-order valence-electron chi connectivity index (χ3n) is 3.42. The molecular weight excluding hydrogens is 244 g/mol. The summed E-state index contributed by atoms with van der Waals surface area (Å²) in [5.74, 6) is -0.362. The molecule has 1 aliphatic rings. The monoisotopic (exact) mass is 264 g/mol. The van der Waals surface area contributed by atoms with Crippen molar-refractivity contribution < 1.29 is 14.6 Å². The summed E-state index contributed by atoms with van der Waals surface area (Å²) < 4.78 is 5.59. The Bertz CT molecular complexity index is 502. The minimum atomic E-state index is -0.925. The summed E-state index contributed by atoms with van der Waals surface area (Å²) in [5.41, 5.74) is 1.89. The van der Waals surface area contributed by atoms with E-state index in [9.17, 15) is 9.90 Å². The lowest BCUT2D eigenvalue weighted by atomic mass is 10.1. The summed E-state index contributed by atoms with van der Waals surface area (Å²) in [4.78, 5) is 18.0. The number of carboxylic acid groups (broad SMARTS) is 1. The molecule has 1 aromatic rings. The molecule has 0 amide bonds. The molecule has 5 nitrogen and oxygen atoms in total. The van der Waals surface area contributed by atoms with E-state index < -0.39 is 5.97 Å². The van der Waals surface area contributed by atoms with Crippen LogP contribution in [0.3, 0.4) is 0 Å². The smallest absolute Gasteiger partial charge is 0.339 e. The van der Waals surface area contributed by atoms with Gasteiger partial charge >= 0.3 is 5.97 Å². The Morgan fingerprint density at radius 2 is 2.16 bits per heavy atom. The zero-order valence-corrected chi connectivity index (χ0v) is 11.8. The number of aryl methyl sites for hydroxylation is 2. The summed E-state index contributed by atoms with van der Waals surface area (Å²) in [5, 5.41) is 9.42. The van der Waals surface area contributed by atoms with Gasteiger partial charge in [-0.1, -0.05) is 0 Å². The molecule has 2 rings (SSSR count). The first-order valence-electron chi connectivity index (χ1n) is 6.50. The first kappa shape index (κ1) is 13.8. The lowest BCUT2D eigenvalue weighted by Gasteiger charge is -2.38. The van der Waals surface area contributed by atoms with Crippen LogP contribution in [0.1, 0.15) is 35.5 Å². The Kier molecular flexibility index (Phi) is 3.75. The van der Waals surface area contributed by atoms with Gasteiger partial charge in [-0.15, -0.1) is 0 Å².